The van der Waals surface area contributed by atoms with Crippen LogP contribution in [-0.4, -0.2) is 54.0 Å². The Morgan fingerprint density at radius 2 is 1.69 bits per heavy atom. The molecule has 1 atom stereocenters. The lowest BCUT2D eigenvalue weighted by Crippen LogP contribution is -2.50. The minimum atomic E-state index is -3.54. The van der Waals surface area contributed by atoms with Crippen molar-refractivity contribution in [1.29, 1.82) is 0 Å². The van der Waals surface area contributed by atoms with Crippen LogP contribution in [0.1, 0.15) is 39.0 Å². The fourth-order valence-corrected chi connectivity index (χ4v) is 5.04. The molecule has 10 heteroatoms. The van der Waals surface area contributed by atoms with Gasteiger partial charge in [0.25, 0.3) is 0 Å². The summed E-state index contributed by atoms with van der Waals surface area (Å²) >= 11 is 0. The molecule has 0 spiro atoms. The van der Waals surface area contributed by atoms with Gasteiger partial charge in [0.15, 0.2) is 0 Å². The van der Waals surface area contributed by atoms with Gasteiger partial charge >= 0.3 is 19.6 Å². The molecule has 0 fully saturated rings. The molecule has 0 unspecified atom stereocenters. The van der Waals surface area contributed by atoms with Gasteiger partial charge < -0.3 is 24.0 Å². The SMILES string of the molecule is CCOP(=O)(CN(CC(C)C)C(=O)N[C@@H](Cc1ccccn1)C(=O)OCc1ccccc1)OCC. The summed E-state index contributed by atoms with van der Waals surface area (Å²) in [7, 11) is -3.54. The second-order valence-corrected chi connectivity index (χ2v) is 10.3. The van der Waals surface area contributed by atoms with Crippen molar-refractivity contribution in [3.05, 3.63) is 66.0 Å². The van der Waals surface area contributed by atoms with Crippen molar-refractivity contribution in [2.45, 2.75) is 46.8 Å². The molecule has 0 aliphatic heterocycles. The lowest BCUT2D eigenvalue weighted by molar-refractivity contribution is -0.147. The quantitative estimate of drug-likeness (QED) is 0.295. The van der Waals surface area contributed by atoms with Gasteiger partial charge in [-0.2, -0.15) is 0 Å². The first-order valence-corrected chi connectivity index (χ1v) is 13.5. The van der Waals surface area contributed by atoms with Crippen LogP contribution in [0.25, 0.3) is 0 Å². The number of aromatic nitrogens is 1. The maximum absolute atomic E-state index is 13.3. The first kappa shape index (κ1) is 28.5. The van der Waals surface area contributed by atoms with Crippen LogP contribution >= 0.6 is 7.60 Å². The third-order valence-corrected chi connectivity index (χ3v) is 6.80. The van der Waals surface area contributed by atoms with Gasteiger partial charge in [0.2, 0.25) is 0 Å². The Morgan fingerprint density at radius 3 is 2.26 bits per heavy atom. The van der Waals surface area contributed by atoms with Crippen molar-refractivity contribution < 1.29 is 27.9 Å². The third kappa shape index (κ3) is 10.2. The van der Waals surface area contributed by atoms with Gasteiger partial charge in [-0.05, 0) is 37.5 Å². The molecule has 0 aliphatic carbocycles. The Morgan fingerprint density at radius 1 is 1.03 bits per heavy atom. The molecular formula is C25H36N3O6P. The number of pyridine rings is 1. The van der Waals surface area contributed by atoms with Crippen LogP contribution in [0.4, 0.5) is 4.79 Å². The van der Waals surface area contributed by atoms with E-state index in [0.29, 0.717) is 12.2 Å². The average Bonchev–Trinajstić information content (AvgIpc) is 2.83. The lowest BCUT2D eigenvalue weighted by Gasteiger charge is -2.29. The lowest BCUT2D eigenvalue weighted by atomic mass is 10.1. The number of hydrogen-bond donors (Lipinski definition) is 1. The first-order chi connectivity index (χ1) is 16.8. The van der Waals surface area contributed by atoms with Gasteiger partial charge in [-0.25, -0.2) is 9.59 Å². The van der Waals surface area contributed by atoms with E-state index >= 15 is 0 Å². The van der Waals surface area contributed by atoms with Crippen LogP contribution in [-0.2, 0) is 36.2 Å². The Labute approximate surface area is 207 Å². The van der Waals surface area contributed by atoms with Crippen LogP contribution in [0.5, 0.6) is 0 Å². The van der Waals surface area contributed by atoms with Gasteiger partial charge in [0.1, 0.15) is 18.9 Å². The molecular weight excluding hydrogens is 469 g/mol. The zero-order valence-electron chi connectivity index (χ0n) is 20.9. The number of hydrogen-bond acceptors (Lipinski definition) is 7. The van der Waals surface area contributed by atoms with Gasteiger partial charge in [-0.15, -0.1) is 0 Å². The van der Waals surface area contributed by atoms with Crippen LogP contribution in [0.2, 0.25) is 0 Å². The summed E-state index contributed by atoms with van der Waals surface area (Å²) in [5, 5.41) is 2.75. The maximum atomic E-state index is 13.3. The number of urea groups is 1. The van der Waals surface area contributed by atoms with Crippen LogP contribution in [0.15, 0.2) is 54.7 Å². The van der Waals surface area contributed by atoms with Crippen molar-refractivity contribution >= 4 is 19.6 Å². The minimum absolute atomic E-state index is 0.0772. The van der Waals surface area contributed by atoms with E-state index in [1.54, 1.807) is 32.2 Å². The molecule has 0 radical (unpaired) electrons. The molecule has 0 saturated carbocycles. The van der Waals surface area contributed by atoms with Gasteiger partial charge in [0, 0.05) is 24.9 Å². The van der Waals surface area contributed by atoms with Crippen LogP contribution in [0.3, 0.4) is 0 Å². The fraction of sp³-hybridized carbons (Fsp3) is 0.480. The summed E-state index contributed by atoms with van der Waals surface area (Å²) in [6.07, 6.45) is 1.54. The number of amides is 2. The molecule has 1 aromatic heterocycles. The summed E-state index contributed by atoms with van der Waals surface area (Å²) < 4.78 is 29.4. The molecule has 0 bridgehead atoms. The highest BCUT2D eigenvalue weighted by Gasteiger charge is 2.32. The van der Waals surface area contributed by atoms with E-state index in [2.05, 4.69) is 10.3 Å². The second kappa shape index (κ2) is 14.6. The molecule has 35 heavy (non-hydrogen) atoms. The largest absolute Gasteiger partial charge is 0.459 e. The summed E-state index contributed by atoms with van der Waals surface area (Å²) in [6, 6.07) is 13.1. The topological polar surface area (TPSA) is 107 Å². The standard InChI is InChI=1S/C25H36N3O6P/c1-5-33-35(31,34-6-2)19-28(17-20(3)4)25(30)27-23(16-22-14-10-11-15-26-22)24(29)32-18-21-12-8-7-9-13-21/h7-15,20,23H,5-6,16-19H2,1-4H3,(H,27,30)/t23-/m0/s1. The van der Waals surface area contributed by atoms with E-state index in [1.807, 2.05) is 50.2 Å². The highest BCUT2D eigenvalue weighted by molar-refractivity contribution is 7.53. The van der Waals surface area contributed by atoms with Crippen LogP contribution < -0.4 is 5.32 Å². The fourth-order valence-electron chi connectivity index (χ4n) is 3.36. The first-order valence-electron chi connectivity index (χ1n) is 11.8. The Kier molecular flexibility index (Phi) is 11.9. The molecule has 2 rings (SSSR count). The third-order valence-electron chi connectivity index (χ3n) is 4.81. The van der Waals surface area contributed by atoms with Crippen molar-refractivity contribution in [3.8, 4) is 0 Å². The van der Waals surface area contributed by atoms with E-state index in [0.717, 1.165) is 5.56 Å². The van der Waals surface area contributed by atoms with E-state index < -0.39 is 25.6 Å². The highest BCUT2D eigenvalue weighted by atomic mass is 31.2. The summed E-state index contributed by atoms with van der Waals surface area (Å²) in [5.41, 5.74) is 1.46. The molecule has 2 aromatic rings. The van der Waals surface area contributed by atoms with Crippen LogP contribution in [0, 0.1) is 5.92 Å². The summed E-state index contributed by atoms with van der Waals surface area (Å²) in [6.45, 7) is 8.04. The predicted octanol–water partition coefficient (Wildman–Crippen LogP) is 4.63. The Bertz CT molecular complexity index is 948. The van der Waals surface area contributed by atoms with E-state index in [9.17, 15) is 14.2 Å². The maximum Gasteiger partial charge on any atom is 0.349 e. The number of nitrogens with zero attached hydrogens (tertiary/aromatic N) is 2. The number of carbonyl (C=O) groups excluding carboxylic acids is 2. The number of nitrogens with one attached hydrogen (secondary N) is 1. The summed E-state index contributed by atoms with van der Waals surface area (Å²) in [5.74, 6) is -0.508. The van der Waals surface area contributed by atoms with E-state index in [1.165, 1.54) is 4.90 Å². The number of esters is 1. The molecule has 1 heterocycles. The molecule has 1 aromatic carbocycles. The molecule has 1 N–H and O–H groups in total. The van der Waals surface area contributed by atoms with Gasteiger partial charge in [0.05, 0.1) is 13.2 Å². The highest BCUT2D eigenvalue weighted by Crippen LogP contribution is 2.48. The Hall–Kier alpha value is -2.74. The van der Waals surface area contributed by atoms with Crippen molar-refractivity contribution in [2.75, 3.05) is 26.0 Å². The second-order valence-electron chi connectivity index (χ2n) is 8.32. The normalized spacial score (nSPS) is 12.3. The van der Waals surface area contributed by atoms with Gasteiger partial charge in [-0.3, -0.25) is 9.55 Å². The zero-order chi connectivity index (χ0) is 25.7. The van der Waals surface area contributed by atoms with Gasteiger partial charge in [-0.1, -0.05) is 50.2 Å². The zero-order valence-corrected chi connectivity index (χ0v) is 21.8. The van der Waals surface area contributed by atoms with E-state index in [-0.39, 0.29) is 38.4 Å². The Balaban J connectivity index is 2.20. The number of benzene rings is 1. The smallest absolute Gasteiger partial charge is 0.349 e. The van der Waals surface area contributed by atoms with E-state index in [4.69, 9.17) is 13.8 Å². The van der Waals surface area contributed by atoms with Crippen molar-refractivity contribution in [1.82, 2.24) is 15.2 Å². The monoisotopic (exact) mass is 505 g/mol. The predicted molar refractivity (Wildman–Crippen MR) is 134 cm³/mol. The molecule has 192 valence electrons. The molecule has 9 nitrogen and oxygen atoms in total. The molecule has 0 saturated heterocycles. The van der Waals surface area contributed by atoms with Crippen molar-refractivity contribution in [2.24, 2.45) is 5.92 Å². The number of carbonyl (C=O) groups is 2. The molecule has 0 aliphatic rings. The minimum Gasteiger partial charge on any atom is -0.459 e. The number of rotatable bonds is 14. The average molecular weight is 506 g/mol. The molecule has 2 amide bonds. The number of ether oxygens (including phenoxy) is 1. The van der Waals surface area contributed by atoms with Crippen molar-refractivity contribution in [3.63, 3.8) is 0 Å². The summed E-state index contributed by atoms with van der Waals surface area (Å²) in [4.78, 5) is 31.9.